The Labute approximate surface area is 375 Å². The average Bonchev–Trinajstić information content (AvgIpc) is 3.95. The second-order valence-corrected chi connectivity index (χ2v) is 17.1. The van der Waals surface area contributed by atoms with Crippen LogP contribution in [0.5, 0.6) is 0 Å². The second kappa shape index (κ2) is 16.2. The molecule has 0 saturated carbocycles. The van der Waals surface area contributed by atoms with E-state index < -0.39 is 0 Å². The van der Waals surface area contributed by atoms with Gasteiger partial charge in [0.2, 0.25) is 0 Å². The first-order valence-electron chi connectivity index (χ1n) is 22.4. The standard InChI is InChI=1S/C58H48N6/c1-5-19-40(20-6-1)42-23-17-25-44(35-42)55-61-56(45-26-18-24-43(36-45)41-21-7-2-8-22-41)64(55)50-38-46(57-59-51-31-13-15-33-53(51)62(57)48-27-9-3-10-28-48)37-47(39-50)58-60-52-32-14-16-34-54(52)63(58)49-29-11-4-12-30-49/h1-35,37-39,45,55-61H,36H2. The van der Waals surface area contributed by atoms with Crippen LogP contribution in [0.1, 0.15) is 47.2 Å². The fraction of sp³-hybridized carbons (Fsp3) is 0.103. The highest BCUT2D eigenvalue weighted by Gasteiger charge is 2.44. The Balaban J connectivity index is 1.03. The summed E-state index contributed by atoms with van der Waals surface area (Å²) in [4.78, 5) is 7.57. The van der Waals surface area contributed by atoms with Gasteiger partial charge in [-0.15, -0.1) is 0 Å². The molecule has 0 spiro atoms. The van der Waals surface area contributed by atoms with Gasteiger partial charge in [-0.2, -0.15) is 0 Å². The van der Waals surface area contributed by atoms with E-state index in [9.17, 15) is 0 Å². The largest absolute Gasteiger partial charge is 0.359 e. The number of rotatable bonds is 9. The van der Waals surface area contributed by atoms with E-state index in [0.717, 1.165) is 40.5 Å². The van der Waals surface area contributed by atoms with E-state index in [0.29, 0.717) is 0 Å². The van der Waals surface area contributed by atoms with Gasteiger partial charge < -0.3 is 25.3 Å². The maximum absolute atomic E-state index is 4.14. The monoisotopic (exact) mass is 828 g/mol. The summed E-state index contributed by atoms with van der Waals surface area (Å²) < 4.78 is 0. The van der Waals surface area contributed by atoms with Gasteiger partial charge in [-0.05, 0) is 118 Å². The van der Waals surface area contributed by atoms with Crippen molar-refractivity contribution in [1.82, 2.24) is 5.32 Å². The van der Waals surface area contributed by atoms with Crippen LogP contribution in [-0.4, -0.2) is 6.17 Å². The molecule has 3 N–H and O–H groups in total. The average molecular weight is 829 g/mol. The Hall–Kier alpha value is -7.80. The molecule has 0 radical (unpaired) electrons. The zero-order valence-corrected chi connectivity index (χ0v) is 35.4. The number of fused-ring (bicyclic) bond motifs is 2. The van der Waals surface area contributed by atoms with Gasteiger partial charge in [-0.25, -0.2) is 0 Å². The molecule has 6 heteroatoms. The van der Waals surface area contributed by atoms with Crippen LogP contribution in [0.2, 0.25) is 0 Å². The van der Waals surface area contributed by atoms with Crippen molar-refractivity contribution < 1.29 is 0 Å². The summed E-state index contributed by atoms with van der Waals surface area (Å²) in [7, 11) is 0. The molecular formula is C58H48N6. The molecule has 0 bridgehead atoms. The first-order valence-corrected chi connectivity index (χ1v) is 22.4. The molecule has 5 atom stereocenters. The van der Waals surface area contributed by atoms with Crippen LogP contribution in [0, 0.1) is 5.92 Å². The normalized spacial score (nSPS) is 20.7. The third-order valence-electron chi connectivity index (χ3n) is 13.3. The number of nitrogens with zero attached hydrogens (tertiary/aromatic N) is 3. The zero-order valence-electron chi connectivity index (χ0n) is 35.4. The van der Waals surface area contributed by atoms with Gasteiger partial charge in [-0.1, -0.05) is 158 Å². The third-order valence-corrected chi connectivity index (χ3v) is 13.3. The predicted octanol–water partition coefficient (Wildman–Crippen LogP) is 14.0. The first kappa shape index (κ1) is 37.9. The summed E-state index contributed by atoms with van der Waals surface area (Å²) in [6, 6.07) is 76.9. The molecule has 5 unspecified atom stereocenters. The maximum atomic E-state index is 4.14. The molecule has 6 nitrogen and oxygen atoms in total. The highest BCUT2D eigenvalue weighted by Crippen LogP contribution is 2.51. The molecule has 0 amide bonds. The zero-order chi connectivity index (χ0) is 42.4. The topological polar surface area (TPSA) is 45.8 Å². The van der Waals surface area contributed by atoms with Crippen molar-refractivity contribution in [1.29, 1.82) is 0 Å². The number of allylic oxidation sites excluding steroid dienone is 3. The Kier molecular flexibility index (Phi) is 9.57. The molecule has 3 aliphatic heterocycles. The van der Waals surface area contributed by atoms with Crippen LogP contribution in [-0.2, 0) is 0 Å². The van der Waals surface area contributed by atoms with Crippen molar-refractivity contribution in [3.05, 3.63) is 253 Å². The van der Waals surface area contributed by atoms with E-state index in [4.69, 9.17) is 0 Å². The Morgan fingerprint density at radius 3 is 1.52 bits per heavy atom. The van der Waals surface area contributed by atoms with Gasteiger partial charge in [0.25, 0.3) is 0 Å². The number of anilines is 7. The van der Waals surface area contributed by atoms with E-state index >= 15 is 0 Å². The lowest BCUT2D eigenvalue weighted by Crippen LogP contribution is -2.67. The lowest BCUT2D eigenvalue weighted by molar-refractivity contribution is 0.222. The van der Waals surface area contributed by atoms with E-state index in [2.05, 4.69) is 261 Å². The fourth-order valence-electron chi connectivity index (χ4n) is 10.3. The number of nitrogens with one attached hydrogen (secondary N) is 3. The van der Waals surface area contributed by atoms with E-state index in [1.807, 2.05) is 0 Å². The molecule has 4 aliphatic rings. The fourth-order valence-corrected chi connectivity index (χ4v) is 10.3. The van der Waals surface area contributed by atoms with Crippen molar-refractivity contribution >= 4 is 45.4 Å². The molecule has 1 saturated heterocycles. The van der Waals surface area contributed by atoms with Crippen molar-refractivity contribution in [2.24, 2.45) is 5.92 Å². The minimum Gasteiger partial charge on any atom is -0.359 e. The molecule has 3 heterocycles. The van der Waals surface area contributed by atoms with Crippen LogP contribution in [0.15, 0.2) is 231 Å². The number of hydrogen-bond acceptors (Lipinski definition) is 6. The predicted molar refractivity (Wildman–Crippen MR) is 265 cm³/mol. The molecule has 310 valence electrons. The lowest BCUT2D eigenvalue weighted by Gasteiger charge is -2.54. The van der Waals surface area contributed by atoms with Crippen LogP contribution in [0.25, 0.3) is 16.7 Å². The van der Waals surface area contributed by atoms with Crippen molar-refractivity contribution in [2.75, 3.05) is 25.3 Å². The van der Waals surface area contributed by atoms with E-state index in [-0.39, 0.29) is 30.6 Å². The molecule has 1 aliphatic carbocycles. The summed E-state index contributed by atoms with van der Waals surface area (Å²) in [5, 5.41) is 12.1. The van der Waals surface area contributed by atoms with Crippen molar-refractivity contribution in [3.8, 4) is 11.1 Å². The van der Waals surface area contributed by atoms with E-state index in [1.165, 1.54) is 44.6 Å². The SMILES string of the molecule is C1=CC(C2NC(c3cccc(-c4ccccc4)c3)N2c2cc(C3Nc4ccccc4N3c3ccccc3)cc(C3Nc4ccccc4N3c3ccccc3)c2)CC(c2ccccc2)=C1. The van der Waals surface area contributed by atoms with Gasteiger partial charge >= 0.3 is 0 Å². The molecular weight excluding hydrogens is 781 g/mol. The summed E-state index contributed by atoms with van der Waals surface area (Å²) in [5.74, 6) is 0.227. The summed E-state index contributed by atoms with van der Waals surface area (Å²) in [5.41, 5.74) is 16.7. The van der Waals surface area contributed by atoms with Crippen molar-refractivity contribution in [2.45, 2.75) is 31.1 Å². The van der Waals surface area contributed by atoms with Crippen LogP contribution < -0.4 is 30.7 Å². The van der Waals surface area contributed by atoms with E-state index in [1.54, 1.807) is 0 Å². The molecule has 12 rings (SSSR count). The van der Waals surface area contributed by atoms with Gasteiger partial charge in [0.05, 0.1) is 28.9 Å². The maximum Gasteiger partial charge on any atom is 0.130 e. The summed E-state index contributed by atoms with van der Waals surface area (Å²) in [6.07, 6.45) is 7.53. The van der Waals surface area contributed by atoms with Gasteiger partial charge in [0.1, 0.15) is 18.5 Å². The van der Waals surface area contributed by atoms with Crippen molar-refractivity contribution in [3.63, 3.8) is 0 Å². The van der Waals surface area contributed by atoms with Crippen LogP contribution in [0.3, 0.4) is 0 Å². The van der Waals surface area contributed by atoms with Gasteiger partial charge in [0.15, 0.2) is 0 Å². The molecule has 1 fully saturated rings. The Morgan fingerprint density at radius 1 is 0.406 bits per heavy atom. The summed E-state index contributed by atoms with van der Waals surface area (Å²) >= 11 is 0. The van der Waals surface area contributed by atoms with Gasteiger partial charge in [-0.3, -0.25) is 5.32 Å². The molecule has 0 aromatic heterocycles. The highest BCUT2D eigenvalue weighted by atomic mass is 15.5. The lowest BCUT2D eigenvalue weighted by atomic mass is 9.84. The second-order valence-electron chi connectivity index (χ2n) is 17.1. The Bertz CT molecular complexity index is 2890. The number of benzene rings is 8. The number of para-hydroxylation sites is 6. The Morgan fingerprint density at radius 2 is 0.922 bits per heavy atom. The first-order chi connectivity index (χ1) is 31.7. The molecule has 8 aromatic rings. The van der Waals surface area contributed by atoms with Crippen LogP contribution >= 0.6 is 0 Å². The minimum absolute atomic E-state index is 0.0371. The smallest absolute Gasteiger partial charge is 0.130 e. The quantitative estimate of drug-likeness (QED) is 0.135. The molecule has 8 aromatic carbocycles. The van der Waals surface area contributed by atoms with Gasteiger partial charge in [0, 0.05) is 23.0 Å². The molecule has 64 heavy (non-hydrogen) atoms. The summed E-state index contributed by atoms with van der Waals surface area (Å²) in [6.45, 7) is 0. The third kappa shape index (κ3) is 6.80. The highest BCUT2D eigenvalue weighted by molar-refractivity contribution is 5.85. The number of hydrogen-bond donors (Lipinski definition) is 3. The van der Waals surface area contributed by atoms with Crippen LogP contribution in [0.4, 0.5) is 39.8 Å². The minimum atomic E-state index is -0.165.